The number of aryl methyl sites for hydroxylation is 1. The number of nitrogens with two attached hydrogens (primary N) is 1. The quantitative estimate of drug-likeness (QED) is 0.743. The number of nitrogens with one attached hydrogen (secondary N) is 1. The minimum atomic E-state index is -0.0945. The summed E-state index contributed by atoms with van der Waals surface area (Å²) in [5.74, 6) is 1.17. The third kappa shape index (κ3) is 1.85. The first-order valence-electron chi connectivity index (χ1n) is 5.06. The highest BCUT2D eigenvalue weighted by Crippen LogP contribution is 2.37. The Labute approximate surface area is 82.6 Å². The lowest BCUT2D eigenvalue weighted by molar-refractivity contribution is 0.586. The van der Waals surface area contributed by atoms with Crippen molar-refractivity contribution in [2.24, 2.45) is 11.7 Å². The van der Waals surface area contributed by atoms with Crippen molar-refractivity contribution in [1.82, 2.24) is 9.97 Å². The fourth-order valence-corrected chi connectivity index (χ4v) is 1.55. The lowest BCUT2D eigenvalue weighted by Crippen LogP contribution is -2.21. The standard InChI is InChI=1S/C10H15N3O/c1-2-7-5-8(14)13-10(12-7)9(11)6-3-4-6/h5-6,9H,2-4,11H2,1H3,(H,12,13,14). The number of aromatic amines is 1. The van der Waals surface area contributed by atoms with Gasteiger partial charge in [-0.05, 0) is 25.2 Å². The van der Waals surface area contributed by atoms with Gasteiger partial charge in [-0.15, -0.1) is 0 Å². The molecule has 1 aliphatic rings. The maximum Gasteiger partial charge on any atom is 0.251 e. The van der Waals surface area contributed by atoms with E-state index >= 15 is 0 Å². The maximum atomic E-state index is 11.3. The van der Waals surface area contributed by atoms with Gasteiger partial charge in [0.25, 0.3) is 5.56 Å². The molecule has 1 fully saturated rings. The Morgan fingerprint density at radius 2 is 2.43 bits per heavy atom. The molecule has 1 heterocycles. The molecule has 1 aromatic heterocycles. The average molecular weight is 193 g/mol. The first-order valence-corrected chi connectivity index (χ1v) is 5.06. The molecule has 0 radical (unpaired) electrons. The molecule has 76 valence electrons. The van der Waals surface area contributed by atoms with E-state index in [1.807, 2.05) is 6.92 Å². The fourth-order valence-electron chi connectivity index (χ4n) is 1.55. The van der Waals surface area contributed by atoms with Gasteiger partial charge in [0, 0.05) is 11.8 Å². The second kappa shape index (κ2) is 3.53. The molecule has 0 bridgehead atoms. The summed E-state index contributed by atoms with van der Waals surface area (Å²) in [6, 6.07) is 1.44. The molecular formula is C10H15N3O. The van der Waals surface area contributed by atoms with Crippen molar-refractivity contribution in [3.63, 3.8) is 0 Å². The topological polar surface area (TPSA) is 71.8 Å². The third-order valence-corrected chi connectivity index (χ3v) is 2.62. The van der Waals surface area contributed by atoms with E-state index in [9.17, 15) is 4.79 Å². The van der Waals surface area contributed by atoms with Crippen molar-refractivity contribution >= 4 is 0 Å². The zero-order chi connectivity index (χ0) is 10.1. The summed E-state index contributed by atoms with van der Waals surface area (Å²) < 4.78 is 0. The van der Waals surface area contributed by atoms with E-state index in [1.54, 1.807) is 0 Å². The Hall–Kier alpha value is -1.16. The maximum absolute atomic E-state index is 11.3. The van der Waals surface area contributed by atoms with Crippen LogP contribution in [-0.2, 0) is 6.42 Å². The van der Waals surface area contributed by atoms with E-state index in [2.05, 4.69) is 9.97 Å². The monoisotopic (exact) mass is 193 g/mol. The first-order chi connectivity index (χ1) is 6.70. The van der Waals surface area contributed by atoms with Gasteiger partial charge in [0.05, 0.1) is 6.04 Å². The SMILES string of the molecule is CCc1cc(=O)[nH]c(C(N)C2CC2)n1. The molecule has 1 aliphatic carbocycles. The zero-order valence-electron chi connectivity index (χ0n) is 8.29. The summed E-state index contributed by atoms with van der Waals surface area (Å²) in [6.07, 6.45) is 3.08. The molecular weight excluding hydrogens is 178 g/mol. The molecule has 3 N–H and O–H groups in total. The van der Waals surface area contributed by atoms with Crippen LogP contribution < -0.4 is 11.3 Å². The Morgan fingerprint density at radius 3 is 3.00 bits per heavy atom. The molecule has 0 saturated heterocycles. The van der Waals surface area contributed by atoms with Gasteiger partial charge in [-0.25, -0.2) is 4.98 Å². The molecule has 14 heavy (non-hydrogen) atoms. The van der Waals surface area contributed by atoms with E-state index in [1.165, 1.54) is 6.07 Å². The third-order valence-electron chi connectivity index (χ3n) is 2.62. The molecule has 1 atom stereocenters. The van der Waals surface area contributed by atoms with Crippen LogP contribution in [0.1, 0.15) is 37.3 Å². The van der Waals surface area contributed by atoms with E-state index in [-0.39, 0.29) is 11.6 Å². The van der Waals surface area contributed by atoms with Crippen LogP contribution in [0.15, 0.2) is 10.9 Å². The van der Waals surface area contributed by atoms with E-state index in [4.69, 9.17) is 5.73 Å². The van der Waals surface area contributed by atoms with Crippen LogP contribution in [0.5, 0.6) is 0 Å². The van der Waals surface area contributed by atoms with E-state index in [0.717, 1.165) is 25.0 Å². The number of hydrogen-bond acceptors (Lipinski definition) is 3. The number of hydrogen-bond donors (Lipinski definition) is 2. The van der Waals surface area contributed by atoms with Gasteiger partial charge in [0.15, 0.2) is 0 Å². The Balaban J connectivity index is 2.31. The van der Waals surface area contributed by atoms with Gasteiger partial charge in [-0.3, -0.25) is 4.79 Å². The number of H-pyrrole nitrogens is 1. The van der Waals surface area contributed by atoms with Crippen molar-refractivity contribution in [3.8, 4) is 0 Å². The zero-order valence-corrected chi connectivity index (χ0v) is 8.29. The molecule has 0 aromatic carbocycles. The van der Waals surface area contributed by atoms with Crippen LogP contribution in [0.2, 0.25) is 0 Å². The van der Waals surface area contributed by atoms with Crippen LogP contribution in [0.4, 0.5) is 0 Å². The number of aromatic nitrogens is 2. The van der Waals surface area contributed by atoms with Crippen molar-refractivity contribution in [2.45, 2.75) is 32.2 Å². The van der Waals surface area contributed by atoms with Crippen molar-refractivity contribution in [3.05, 3.63) is 27.9 Å². The minimum Gasteiger partial charge on any atom is -0.321 e. The first kappa shape index (κ1) is 9.40. The second-order valence-electron chi connectivity index (χ2n) is 3.84. The Bertz CT molecular complexity index is 381. The second-order valence-corrected chi connectivity index (χ2v) is 3.84. The van der Waals surface area contributed by atoms with E-state index in [0.29, 0.717) is 11.7 Å². The highest BCUT2D eigenvalue weighted by molar-refractivity contribution is 5.07. The summed E-state index contributed by atoms with van der Waals surface area (Å²) >= 11 is 0. The molecule has 0 spiro atoms. The van der Waals surface area contributed by atoms with Crippen molar-refractivity contribution in [2.75, 3.05) is 0 Å². The van der Waals surface area contributed by atoms with Crippen LogP contribution in [0, 0.1) is 5.92 Å². The number of nitrogens with zero attached hydrogens (tertiary/aromatic N) is 1. The summed E-state index contributed by atoms with van der Waals surface area (Å²) in [5, 5.41) is 0. The molecule has 1 unspecified atom stereocenters. The van der Waals surface area contributed by atoms with Gasteiger partial charge in [-0.2, -0.15) is 0 Å². The molecule has 2 rings (SSSR count). The summed E-state index contributed by atoms with van der Waals surface area (Å²) in [6.45, 7) is 1.98. The highest BCUT2D eigenvalue weighted by atomic mass is 16.1. The lowest BCUT2D eigenvalue weighted by Gasteiger charge is -2.09. The van der Waals surface area contributed by atoms with Crippen LogP contribution in [0.25, 0.3) is 0 Å². The fraction of sp³-hybridized carbons (Fsp3) is 0.600. The lowest BCUT2D eigenvalue weighted by atomic mass is 10.2. The smallest absolute Gasteiger partial charge is 0.251 e. The van der Waals surface area contributed by atoms with Crippen molar-refractivity contribution in [1.29, 1.82) is 0 Å². The summed E-state index contributed by atoms with van der Waals surface area (Å²) in [7, 11) is 0. The highest BCUT2D eigenvalue weighted by Gasteiger charge is 2.31. The molecule has 4 heteroatoms. The molecule has 0 amide bonds. The van der Waals surface area contributed by atoms with Crippen LogP contribution >= 0.6 is 0 Å². The van der Waals surface area contributed by atoms with E-state index < -0.39 is 0 Å². The molecule has 1 aromatic rings. The summed E-state index contributed by atoms with van der Waals surface area (Å²) in [5.41, 5.74) is 6.68. The van der Waals surface area contributed by atoms with Crippen LogP contribution in [-0.4, -0.2) is 9.97 Å². The minimum absolute atomic E-state index is 0.0887. The van der Waals surface area contributed by atoms with Gasteiger partial charge < -0.3 is 10.7 Å². The van der Waals surface area contributed by atoms with Gasteiger partial charge in [-0.1, -0.05) is 6.92 Å². The Morgan fingerprint density at radius 1 is 1.71 bits per heavy atom. The molecule has 1 saturated carbocycles. The predicted octanol–water partition coefficient (Wildman–Crippen LogP) is 0.742. The van der Waals surface area contributed by atoms with Gasteiger partial charge in [0.2, 0.25) is 0 Å². The van der Waals surface area contributed by atoms with Gasteiger partial charge in [0.1, 0.15) is 5.82 Å². The largest absolute Gasteiger partial charge is 0.321 e. The predicted molar refractivity (Wildman–Crippen MR) is 53.9 cm³/mol. The van der Waals surface area contributed by atoms with Gasteiger partial charge >= 0.3 is 0 Å². The summed E-state index contributed by atoms with van der Waals surface area (Å²) in [4.78, 5) is 18.3. The molecule has 4 nitrogen and oxygen atoms in total. The normalized spacial score (nSPS) is 18.1. The average Bonchev–Trinajstić information content (AvgIpc) is 2.99. The molecule has 0 aliphatic heterocycles. The van der Waals surface area contributed by atoms with Crippen molar-refractivity contribution < 1.29 is 0 Å². The Kier molecular flexibility index (Phi) is 2.37. The van der Waals surface area contributed by atoms with Crippen LogP contribution in [0.3, 0.4) is 0 Å². The number of rotatable bonds is 3.